The van der Waals surface area contributed by atoms with Crippen LogP contribution in [0.3, 0.4) is 0 Å². The number of rotatable bonds is 5. The molecule has 0 saturated heterocycles. The molecule has 1 aromatic carbocycles. The molecule has 0 aliphatic heterocycles. The van der Waals surface area contributed by atoms with Crippen LogP contribution in [-0.4, -0.2) is 16.1 Å². The van der Waals surface area contributed by atoms with Crippen molar-refractivity contribution in [2.45, 2.75) is 19.8 Å². The van der Waals surface area contributed by atoms with E-state index >= 15 is 0 Å². The topological polar surface area (TPSA) is 62.2 Å². The van der Waals surface area contributed by atoms with Crippen LogP contribution in [-0.2, 0) is 6.42 Å². The van der Waals surface area contributed by atoms with E-state index in [1.54, 1.807) is 12.1 Å². The predicted molar refractivity (Wildman–Crippen MR) is 87.6 cm³/mol. The minimum Gasteiger partial charge on any atom is -0.478 e. The maximum absolute atomic E-state index is 13.1. The van der Waals surface area contributed by atoms with E-state index in [0.717, 1.165) is 12.1 Å². The average molecular weight is 400 g/mol. The third kappa shape index (κ3) is 4.13. The van der Waals surface area contributed by atoms with Crippen LogP contribution in [0.25, 0.3) is 0 Å². The zero-order valence-electron chi connectivity index (χ0n) is 11.4. The molecule has 0 amide bonds. The number of aromatic carboxylic acids is 1. The van der Waals surface area contributed by atoms with E-state index in [-0.39, 0.29) is 11.4 Å². The van der Waals surface area contributed by atoms with Gasteiger partial charge < -0.3 is 10.4 Å². The molecule has 0 spiro atoms. The Bertz CT molecular complexity index is 677. The van der Waals surface area contributed by atoms with E-state index in [0.29, 0.717) is 21.5 Å². The molecule has 6 heteroatoms. The molecule has 0 saturated carbocycles. The molecular weight excluding hydrogens is 386 g/mol. The number of carboxylic acids is 1. The van der Waals surface area contributed by atoms with Crippen LogP contribution in [0.1, 0.15) is 29.4 Å². The number of benzene rings is 1. The molecule has 0 fully saturated rings. The highest BCUT2D eigenvalue weighted by Crippen LogP contribution is 2.23. The molecule has 1 heterocycles. The summed E-state index contributed by atoms with van der Waals surface area (Å²) in [6.07, 6.45) is 1.58. The van der Waals surface area contributed by atoms with Crippen molar-refractivity contribution in [3.05, 3.63) is 51.0 Å². The number of pyridine rings is 1. The van der Waals surface area contributed by atoms with Gasteiger partial charge in [-0.05, 0) is 59.3 Å². The lowest BCUT2D eigenvalue weighted by Gasteiger charge is -2.10. The van der Waals surface area contributed by atoms with Crippen LogP contribution in [0, 0.1) is 9.39 Å². The van der Waals surface area contributed by atoms with Crippen LogP contribution >= 0.6 is 22.6 Å². The molecule has 1 aromatic heterocycles. The number of carbonyl (C=O) groups is 1. The van der Waals surface area contributed by atoms with Crippen molar-refractivity contribution in [1.29, 1.82) is 0 Å². The molecule has 2 N–H and O–H groups in total. The van der Waals surface area contributed by atoms with Crippen molar-refractivity contribution in [3.63, 3.8) is 0 Å². The van der Waals surface area contributed by atoms with Crippen molar-refractivity contribution < 1.29 is 14.3 Å². The Morgan fingerprint density at radius 3 is 2.76 bits per heavy atom. The maximum atomic E-state index is 13.1. The molecular formula is C15H14FIN2O2. The number of hydrogen-bond acceptors (Lipinski definition) is 3. The summed E-state index contributed by atoms with van der Waals surface area (Å²) in [6.45, 7) is 2.01. The van der Waals surface area contributed by atoms with E-state index in [4.69, 9.17) is 5.11 Å². The molecule has 0 aliphatic carbocycles. The Hall–Kier alpha value is -1.70. The van der Waals surface area contributed by atoms with Gasteiger partial charge in [0.1, 0.15) is 11.6 Å². The molecule has 0 unspecified atom stereocenters. The highest BCUT2D eigenvalue weighted by Gasteiger charge is 2.10. The van der Waals surface area contributed by atoms with E-state index in [1.165, 1.54) is 18.2 Å². The lowest BCUT2D eigenvalue weighted by molar-refractivity contribution is 0.0696. The van der Waals surface area contributed by atoms with Gasteiger partial charge in [0.25, 0.3) is 0 Å². The largest absolute Gasteiger partial charge is 0.478 e. The first kappa shape index (κ1) is 15.7. The molecule has 0 bridgehead atoms. The summed E-state index contributed by atoms with van der Waals surface area (Å²) in [6, 6.07) is 7.40. The van der Waals surface area contributed by atoms with Gasteiger partial charge in [0.15, 0.2) is 0 Å². The van der Waals surface area contributed by atoms with E-state index < -0.39 is 5.97 Å². The summed E-state index contributed by atoms with van der Waals surface area (Å²) in [5.74, 6) is -0.863. The second-order valence-electron chi connectivity index (χ2n) is 4.54. The smallest absolute Gasteiger partial charge is 0.335 e. The predicted octanol–water partition coefficient (Wildman–Crippen LogP) is 4.22. The highest BCUT2D eigenvalue weighted by atomic mass is 127. The van der Waals surface area contributed by atoms with Gasteiger partial charge in [-0.15, -0.1) is 0 Å². The third-order valence-corrected chi connectivity index (χ3v) is 3.72. The van der Waals surface area contributed by atoms with Gasteiger partial charge in [0.2, 0.25) is 0 Å². The van der Waals surface area contributed by atoms with Crippen LogP contribution < -0.4 is 5.32 Å². The normalized spacial score (nSPS) is 10.4. The van der Waals surface area contributed by atoms with Crippen LogP contribution in [0.2, 0.25) is 0 Å². The quantitative estimate of drug-likeness (QED) is 0.738. The standard InChI is InChI=1S/C15H14FIN2O2/c1-2-3-11-6-9(15(20)21)7-14(18-11)19-13-5-4-10(16)8-12(13)17/h4-8H,2-3H2,1H3,(H,18,19)(H,20,21). The summed E-state index contributed by atoms with van der Waals surface area (Å²) in [5, 5.41) is 12.2. The summed E-state index contributed by atoms with van der Waals surface area (Å²) < 4.78 is 13.8. The SMILES string of the molecule is CCCc1cc(C(=O)O)cc(Nc2ccc(F)cc2I)n1. The van der Waals surface area contributed by atoms with Crippen LogP contribution in [0.4, 0.5) is 15.9 Å². The van der Waals surface area contributed by atoms with Gasteiger partial charge in [0, 0.05) is 9.26 Å². The fourth-order valence-corrected chi connectivity index (χ4v) is 2.50. The van der Waals surface area contributed by atoms with Crippen molar-refractivity contribution in [1.82, 2.24) is 4.98 Å². The lowest BCUT2D eigenvalue weighted by Crippen LogP contribution is -2.04. The zero-order chi connectivity index (χ0) is 15.4. The number of nitrogens with one attached hydrogen (secondary N) is 1. The maximum Gasteiger partial charge on any atom is 0.335 e. The van der Waals surface area contributed by atoms with Gasteiger partial charge in [0.05, 0.1) is 11.3 Å². The van der Waals surface area contributed by atoms with Crippen LogP contribution in [0.15, 0.2) is 30.3 Å². The second-order valence-corrected chi connectivity index (χ2v) is 5.70. The number of halogens is 2. The molecule has 0 atom stereocenters. The van der Waals surface area contributed by atoms with Crippen molar-refractivity contribution in [2.24, 2.45) is 0 Å². The van der Waals surface area contributed by atoms with Crippen molar-refractivity contribution >= 4 is 40.1 Å². The molecule has 4 nitrogen and oxygen atoms in total. The summed E-state index contributed by atoms with van der Waals surface area (Å²) in [4.78, 5) is 15.6. The third-order valence-electron chi connectivity index (χ3n) is 2.83. The number of anilines is 2. The molecule has 21 heavy (non-hydrogen) atoms. The number of nitrogens with zero attached hydrogens (tertiary/aromatic N) is 1. The van der Waals surface area contributed by atoms with E-state index in [9.17, 15) is 9.18 Å². The Morgan fingerprint density at radius 1 is 1.38 bits per heavy atom. The lowest BCUT2D eigenvalue weighted by atomic mass is 10.1. The zero-order valence-corrected chi connectivity index (χ0v) is 13.5. The first-order valence-corrected chi connectivity index (χ1v) is 7.54. The number of aryl methyl sites for hydroxylation is 1. The molecule has 2 aromatic rings. The number of hydrogen-bond donors (Lipinski definition) is 2. The summed E-state index contributed by atoms with van der Waals surface area (Å²) in [7, 11) is 0. The second kappa shape index (κ2) is 6.84. The van der Waals surface area contributed by atoms with E-state index in [1.807, 2.05) is 29.5 Å². The van der Waals surface area contributed by atoms with E-state index in [2.05, 4.69) is 10.3 Å². The molecule has 2 rings (SSSR count). The van der Waals surface area contributed by atoms with Gasteiger partial charge in [-0.25, -0.2) is 14.2 Å². The van der Waals surface area contributed by atoms with Crippen LogP contribution in [0.5, 0.6) is 0 Å². The minimum absolute atomic E-state index is 0.188. The van der Waals surface area contributed by atoms with Gasteiger partial charge in [-0.1, -0.05) is 13.3 Å². The highest BCUT2D eigenvalue weighted by molar-refractivity contribution is 14.1. The number of aromatic nitrogens is 1. The van der Waals surface area contributed by atoms with Gasteiger partial charge in [-0.3, -0.25) is 0 Å². The van der Waals surface area contributed by atoms with Gasteiger partial charge >= 0.3 is 5.97 Å². The molecule has 110 valence electrons. The van der Waals surface area contributed by atoms with Gasteiger partial charge in [-0.2, -0.15) is 0 Å². The summed E-state index contributed by atoms with van der Waals surface area (Å²) in [5.41, 5.74) is 1.60. The first-order valence-electron chi connectivity index (χ1n) is 6.46. The molecule has 0 aliphatic rings. The van der Waals surface area contributed by atoms with Crippen molar-refractivity contribution in [2.75, 3.05) is 5.32 Å². The Balaban J connectivity index is 2.36. The monoisotopic (exact) mass is 400 g/mol. The Labute approximate surface area is 135 Å². The Morgan fingerprint density at radius 2 is 2.14 bits per heavy atom. The summed E-state index contributed by atoms with van der Waals surface area (Å²) >= 11 is 2.01. The number of carboxylic acid groups (broad SMARTS) is 1. The fraction of sp³-hybridized carbons (Fsp3) is 0.200. The van der Waals surface area contributed by atoms with Crippen molar-refractivity contribution in [3.8, 4) is 0 Å². The first-order chi connectivity index (χ1) is 9.99. The Kier molecular flexibility index (Phi) is 5.11. The molecule has 0 radical (unpaired) electrons. The minimum atomic E-state index is -0.994. The fourth-order valence-electron chi connectivity index (χ4n) is 1.89. The average Bonchev–Trinajstić information content (AvgIpc) is 2.42.